The molecule has 0 radical (unpaired) electrons. The minimum Gasteiger partial charge on any atom is -0.497 e. The molecule has 0 bridgehead atoms. The predicted octanol–water partition coefficient (Wildman–Crippen LogP) is 3.07. The van der Waals surface area contributed by atoms with E-state index in [2.05, 4.69) is 29.8 Å². The summed E-state index contributed by atoms with van der Waals surface area (Å²) in [5, 5.41) is 10.2. The molecule has 1 N–H and O–H groups in total. The molecule has 0 aliphatic heterocycles. The first-order valence-electron chi connectivity index (χ1n) is 5.44. The first-order valence-corrected chi connectivity index (χ1v) is 6.36. The standard InChI is InChI=1S/C13H17BrO2/c1-13(2)7-8-6-9(16-3)4-5-10(8)11(15)12(13)14/h4-6,11-12,15H,7H2,1-3H3. The van der Waals surface area contributed by atoms with E-state index in [1.165, 1.54) is 5.56 Å². The molecule has 2 nitrogen and oxygen atoms in total. The third-order valence-corrected chi connectivity index (χ3v) is 5.08. The van der Waals surface area contributed by atoms with Crippen LogP contribution in [0.5, 0.6) is 5.75 Å². The molecule has 0 fully saturated rings. The van der Waals surface area contributed by atoms with Crippen molar-refractivity contribution in [2.75, 3.05) is 7.11 Å². The molecule has 1 aliphatic carbocycles. The third-order valence-electron chi connectivity index (χ3n) is 3.34. The van der Waals surface area contributed by atoms with Crippen LogP contribution in [0.3, 0.4) is 0 Å². The second-order valence-electron chi connectivity index (χ2n) is 5.08. The number of halogens is 1. The number of rotatable bonds is 1. The Morgan fingerprint density at radius 3 is 2.75 bits per heavy atom. The number of hydrogen-bond acceptors (Lipinski definition) is 2. The maximum absolute atomic E-state index is 10.2. The fourth-order valence-electron chi connectivity index (χ4n) is 2.32. The van der Waals surface area contributed by atoms with Crippen molar-refractivity contribution in [1.82, 2.24) is 0 Å². The van der Waals surface area contributed by atoms with Crippen molar-refractivity contribution in [2.45, 2.75) is 31.2 Å². The fourth-order valence-corrected chi connectivity index (χ4v) is 2.77. The van der Waals surface area contributed by atoms with Crippen LogP contribution in [0.1, 0.15) is 31.1 Å². The molecule has 2 unspecified atom stereocenters. The summed E-state index contributed by atoms with van der Waals surface area (Å²) in [7, 11) is 1.67. The molecule has 1 aromatic carbocycles. The molecule has 16 heavy (non-hydrogen) atoms. The van der Waals surface area contributed by atoms with Gasteiger partial charge in [0.2, 0.25) is 0 Å². The molecule has 88 valence electrons. The maximum Gasteiger partial charge on any atom is 0.119 e. The van der Waals surface area contributed by atoms with Gasteiger partial charge in [-0.15, -0.1) is 0 Å². The fraction of sp³-hybridized carbons (Fsp3) is 0.538. The average Bonchev–Trinajstić information content (AvgIpc) is 2.25. The number of methoxy groups -OCH3 is 1. The number of alkyl halides is 1. The number of fused-ring (bicyclic) bond motifs is 1. The molecule has 0 heterocycles. The van der Waals surface area contributed by atoms with E-state index >= 15 is 0 Å². The van der Waals surface area contributed by atoms with Crippen LogP contribution in [0.4, 0.5) is 0 Å². The topological polar surface area (TPSA) is 29.5 Å². The van der Waals surface area contributed by atoms with Crippen molar-refractivity contribution in [2.24, 2.45) is 5.41 Å². The summed E-state index contributed by atoms with van der Waals surface area (Å²) in [4.78, 5) is 0.0981. The van der Waals surface area contributed by atoms with Crippen molar-refractivity contribution in [3.63, 3.8) is 0 Å². The zero-order chi connectivity index (χ0) is 11.9. The van der Waals surface area contributed by atoms with Gasteiger partial charge in [-0.2, -0.15) is 0 Å². The van der Waals surface area contributed by atoms with Gasteiger partial charge in [-0.05, 0) is 35.1 Å². The van der Waals surface area contributed by atoms with Crippen LogP contribution < -0.4 is 4.74 Å². The molecule has 0 amide bonds. The molecular formula is C13H17BrO2. The highest BCUT2D eigenvalue weighted by atomic mass is 79.9. The Morgan fingerprint density at radius 2 is 2.12 bits per heavy atom. The van der Waals surface area contributed by atoms with Crippen LogP contribution in [-0.2, 0) is 6.42 Å². The summed E-state index contributed by atoms with van der Waals surface area (Å²) < 4.78 is 5.22. The van der Waals surface area contributed by atoms with Gasteiger partial charge in [-0.3, -0.25) is 0 Å². The van der Waals surface area contributed by atoms with Crippen molar-refractivity contribution in [3.8, 4) is 5.75 Å². The summed E-state index contributed by atoms with van der Waals surface area (Å²) in [6.07, 6.45) is 0.511. The second-order valence-corrected chi connectivity index (χ2v) is 6.06. The summed E-state index contributed by atoms with van der Waals surface area (Å²) in [6.45, 7) is 4.33. The summed E-state index contributed by atoms with van der Waals surface area (Å²) in [5.74, 6) is 0.856. The largest absolute Gasteiger partial charge is 0.497 e. The molecule has 0 spiro atoms. The third kappa shape index (κ3) is 1.87. The quantitative estimate of drug-likeness (QED) is 0.803. The minimum absolute atomic E-state index is 0.0543. The Hall–Kier alpha value is -0.540. The van der Waals surface area contributed by atoms with Gasteiger partial charge < -0.3 is 9.84 Å². The minimum atomic E-state index is -0.440. The lowest BCUT2D eigenvalue weighted by molar-refractivity contribution is 0.112. The normalized spacial score (nSPS) is 27.3. The number of ether oxygens (including phenoxy) is 1. The lowest BCUT2D eigenvalue weighted by atomic mass is 9.73. The van der Waals surface area contributed by atoms with Crippen LogP contribution in [0, 0.1) is 5.41 Å². The molecule has 0 saturated heterocycles. The Kier molecular flexibility index (Phi) is 3.01. The lowest BCUT2D eigenvalue weighted by Gasteiger charge is -2.39. The van der Waals surface area contributed by atoms with Crippen molar-refractivity contribution in [1.29, 1.82) is 0 Å². The number of aliphatic hydroxyl groups excluding tert-OH is 1. The van der Waals surface area contributed by atoms with Gasteiger partial charge in [0.1, 0.15) is 5.75 Å². The maximum atomic E-state index is 10.2. The molecule has 1 aliphatic rings. The molecule has 0 aromatic heterocycles. The Morgan fingerprint density at radius 1 is 1.44 bits per heavy atom. The van der Waals surface area contributed by atoms with E-state index in [4.69, 9.17) is 4.74 Å². The van der Waals surface area contributed by atoms with Gasteiger partial charge in [0.25, 0.3) is 0 Å². The summed E-state index contributed by atoms with van der Waals surface area (Å²) in [6, 6.07) is 5.89. The number of hydrogen-bond donors (Lipinski definition) is 1. The van der Waals surface area contributed by atoms with Crippen LogP contribution in [0.2, 0.25) is 0 Å². The predicted molar refractivity (Wildman–Crippen MR) is 68.2 cm³/mol. The van der Waals surface area contributed by atoms with Crippen LogP contribution in [-0.4, -0.2) is 17.0 Å². The van der Waals surface area contributed by atoms with Crippen molar-refractivity contribution in [3.05, 3.63) is 29.3 Å². The second kappa shape index (κ2) is 4.04. The molecule has 2 atom stereocenters. The monoisotopic (exact) mass is 284 g/mol. The van der Waals surface area contributed by atoms with Crippen LogP contribution in [0.15, 0.2) is 18.2 Å². The molecular weight excluding hydrogens is 268 g/mol. The Balaban J connectivity index is 2.46. The first-order chi connectivity index (χ1) is 7.45. The van der Waals surface area contributed by atoms with Gasteiger partial charge in [-0.25, -0.2) is 0 Å². The summed E-state index contributed by atoms with van der Waals surface area (Å²) in [5.41, 5.74) is 2.26. The van der Waals surface area contributed by atoms with E-state index in [0.29, 0.717) is 0 Å². The van der Waals surface area contributed by atoms with Crippen molar-refractivity contribution < 1.29 is 9.84 Å². The number of aliphatic hydroxyl groups is 1. The molecule has 2 rings (SSSR count). The van der Waals surface area contributed by atoms with Gasteiger partial charge in [-0.1, -0.05) is 35.8 Å². The van der Waals surface area contributed by atoms with Crippen molar-refractivity contribution >= 4 is 15.9 Å². The number of benzene rings is 1. The summed E-state index contributed by atoms with van der Waals surface area (Å²) >= 11 is 3.60. The van der Waals surface area contributed by atoms with Crippen LogP contribution >= 0.6 is 15.9 Å². The smallest absolute Gasteiger partial charge is 0.119 e. The highest BCUT2D eigenvalue weighted by molar-refractivity contribution is 9.09. The lowest BCUT2D eigenvalue weighted by Crippen LogP contribution is -2.36. The highest BCUT2D eigenvalue weighted by Gasteiger charge is 2.39. The zero-order valence-electron chi connectivity index (χ0n) is 9.83. The highest BCUT2D eigenvalue weighted by Crippen LogP contribution is 2.45. The van der Waals surface area contributed by atoms with E-state index in [1.54, 1.807) is 7.11 Å². The van der Waals surface area contributed by atoms with E-state index in [1.807, 2.05) is 18.2 Å². The van der Waals surface area contributed by atoms with Gasteiger partial charge in [0.15, 0.2) is 0 Å². The first kappa shape index (κ1) is 11.9. The Labute approximate surface area is 105 Å². The van der Waals surface area contributed by atoms with Gasteiger partial charge in [0, 0.05) is 0 Å². The Bertz CT molecular complexity index is 401. The van der Waals surface area contributed by atoms with Crippen LogP contribution in [0.25, 0.3) is 0 Å². The zero-order valence-corrected chi connectivity index (χ0v) is 11.4. The van der Waals surface area contributed by atoms with Gasteiger partial charge in [0.05, 0.1) is 18.0 Å². The molecule has 3 heteroatoms. The van der Waals surface area contributed by atoms with Gasteiger partial charge >= 0.3 is 0 Å². The van der Waals surface area contributed by atoms with E-state index in [-0.39, 0.29) is 10.2 Å². The SMILES string of the molecule is COc1ccc2c(c1)CC(C)(C)C(Br)C2O. The average molecular weight is 285 g/mol. The van der Waals surface area contributed by atoms with E-state index in [0.717, 1.165) is 17.7 Å². The van der Waals surface area contributed by atoms with E-state index < -0.39 is 6.10 Å². The molecule has 1 aromatic rings. The molecule has 0 saturated carbocycles. The van der Waals surface area contributed by atoms with E-state index in [9.17, 15) is 5.11 Å².